The van der Waals surface area contributed by atoms with Gasteiger partial charge in [-0.25, -0.2) is 28.4 Å². The molecule has 36 heavy (non-hydrogen) atoms. The van der Waals surface area contributed by atoms with Crippen LogP contribution in [0.25, 0.3) is 0 Å². The van der Waals surface area contributed by atoms with Crippen molar-refractivity contribution in [2.45, 2.75) is 39.5 Å². The summed E-state index contributed by atoms with van der Waals surface area (Å²) in [6.45, 7) is 3.47. The fourth-order valence-electron chi connectivity index (χ4n) is 3.36. The highest BCUT2D eigenvalue weighted by atomic mass is 35.5. The van der Waals surface area contributed by atoms with Gasteiger partial charge in [0.2, 0.25) is 11.8 Å². The molecule has 0 radical (unpaired) electrons. The van der Waals surface area contributed by atoms with Crippen molar-refractivity contribution in [3.05, 3.63) is 96.3 Å². The van der Waals surface area contributed by atoms with E-state index < -0.39 is 23.0 Å². The molecule has 0 aliphatic heterocycles. The highest BCUT2D eigenvalue weighted by Crippen LogP contribution is 2.24. The molecule has 13 heteroatoms. The highest BCUT2D eigenvalue weighted by Gasteiger charge is 2.16. The summed E-state index contributed by atoms with van der Waals surface area (Å²) < 4.78 is 26.9. The van der Waals surface area contributed by atoms with E-state index in [0.717, 1.165) is 4.57 Å². The van der Waals surface area contributed by atoms with E-state index in [-0.39, 0.29) is 48.9 Å². The molecule has 0 amide bonds. The minimum Gasteiger partial charge on any atom is -0.488 e. The number of hydrogen-bond donors (Lipinski definition) is 2. The van der Waals surface area contributed by atoms with Gasteiger partial charge in [0.05, 0.1) is 12.6 Å². The van der Waals surface area contributed by atoms with Crippen LogP contribution in [-0.4, -0.2) is 30.4 Å². The number of aromatic nitrogens is 5. The topological polar surface area (TPSA) is 137 Å². The summed E-state index contributed by atoms with van der Waals surface area (Å²) in [6, 6.07) is 11.0. The first-order chi connectivity index (χ1) is 17.2. The van der Waals surface area contributed by atoms with Gasteiger partial charge in [-0.15, -0.1) is 5.10 Å². The van der Waals surface area contributed by atoms with Crippen LogP contribution >= 0.6 is 11.6 Å². The van der Waals surface area contributed by atoms with Crippen molar-refractivity contribution < 1.29 is 13.5 Å². The van der Waals surface area contributed by atoms with E-state index in [1.807, 2.05) is 0 Å². The number of ether oxygens (including phenoxy) is 1. The Labute approximate surface area is 208 Å². The van der Waals surface area contributed by atoms with Crippen LogP contribution in [0.4, 0.5) is 16.0 Å². The normalized spacial score (nSPS) is 11.1. The second-order valence-electron chi connectivity index (χ2n) is 8.06. The molecule has 0 aliphatic carbocycles. The number of hydrogen-bond acceptors (Lipinski definition) is 8. The monoisotopic (exact) mass is 516 g/mol. The Morgan fingerprint density at radius 2 is 1.89 bits per heavy atom. The molecule has 0 aliphatic rings. The largest absolute Gasteiger partial charge is 0.488 e. The van der Waals surface area contributed by atoms with E-state index in [1.165, 1.54) is 16.7 Å². The third-order valence-corrected chi connectivity index (χ3v) is 5.24. The van der Waals surface area contributed by atoms with Gasteiger partial charge in [-0.1, -0.05) is 23.7 Å². The first-order valence-electron chi connectivity index (χ1n) is 10.9. The molecule has 0 saturated heterocycles. The lowest BCUT2D eigenvalue weighted by atomic mass is 10.2. The van der Waals surface area contributed by atoms with Crippen molar-refractivity contribution in [3.8, 4) is 5.75 Å². The molecule has 2 aromatic heterocycles. The van der Waals surface area contributed by atoms with Gasteiger partial charge >= 0.3 is 17.1 Å². The molecule has 0 unspecified atom stereocenters. The quantitative estimate of drug-likeness (QED) is 0.346. The van der Waals surface area contributed by atoms with Crippen molar-refractivity contribution in [2.75, 3.05) is 5.32 Å². The second kappa shape index (κ2) is 10.6. The number of nitrogens with zero attached hydrogens (tertiary/aromatic N) is 4. The van der Waals surface area contributed by atoms with Gasteiger partial charge in [0.15, 0.2) is 11.6 Å². The van der Waals surface area contributed by atoms with Crippen LogP contribution in [-0.2, 0) is 19.5 Å². The molecule has 0 saturated carbocycles. The van der Waals surface area contributed by atoms with Crippen LogP contribution in [0.15, 0.2) is 61.3 Å². The zero-order valence-electron chi connectivity index (χ0n) is 19.3. The number of aryl methyl sites for hydroxylation is 1. The molecule has 0 atom stereocenters. The molecule has 2 N–H and O–H groups in total. The van der Waals surface area contributed by atoms with E-state index in [2.05, 4.69) is 20.5 Å². The van der Waals surface area contributed by atoms with E-state index in [4.69, 9.17) is 20.8 Å². The average molecular weight is 517 g/mol. The van der Waals surface area contributed by atoms with Crippen molar-refractivity contribution in [2.24, 2.45) is 0 Å². The molecule has 2 heterocycles. The van der Waals surface area contributed by atoms with Crippen molar-refractivity contribution in [1.29, 1.82) is 0 Å². The number of benzene rings is 2. The smallest absolute Gasteiger partial charge is 0.434 e. The van der Waals surface area contributed by atoms with Crippen LogP contribution in [0.2, 0.25) is 5.02 Å². The lowest BCUT2D eigenvalue weighted by Gasteiger charge is -2.16. The lowest BCUT2D eigenvalue weighted by Crippen LogP contribution is -2.43. The number of nitrogens with one attached hydrogen (secondary N) is 2. The van der Waals surface area contributed by atoms with Gasteiger partial charge < -0.3 is 14.5 Å². The van der Waals surface area contributed by atoms with E-state index in [0.29, 0.717) is 10.6 Å². The maximum Gasteiger partial charge on any atom is 0.434 e. The number of rotatable bonds is 9. The summed E-state index contributed by atoms with van der Waals surface area (Å²) in [4.78, 5) is 41.3. The molecule has 4 aromatic rings. The van der Waals surface area contributed by atoms with Gasteiger partial charge in [-0.3, -0.25) is 4.57 Å². The number of aromatic amines is 1. The van der Waals surface area contributed by atoms with Crippen LogP contribution in [0.3, 0.4) is 0 Å². The molecule has 188 valence electrons. The second-order valence-corrected chi connectivity index (χ2v) is 8.49. The van der Waals surface area contributed by atoms with Crippen molar-refractivity contribution in [3.63, 3.8) is 0 Å². The molecule has 0 bridgehead atoms. The minimum absolute atomic E-state index is 0.00577. The number of H-pyrrole nitrogens is 1. The van der Waals surface area contributed by atoms with Gasteiger partial charge in [-0.05, 0) is 43.7 Å². The summed E-state index contributed by atoms with van der Waals surface area (Å²) in [5, 5.41) is 9.17. The predicted octanol–water partition coefficient (Wildman–Crippen LogP) is 2.70. The summed E-state index contributed by atoms with van der Waals surface area (Å²) in [5.41, 5.74) is -0.545. The third-order valence-electron chi connectivity index (χ3n) is 4.99. The Morgan fingerprint density at radius 3 is 2.53 bits per heavy atom. The summed E-state index contributed by atoms with van der Waals surface area (Å²) in [7, 11) is 0. The average Bonchev–Trinajstić information content (AvgIpc) is 3.24. The maximum absolute atomic E-state index is 14.5. The molecule has 0 spiro atoms. The van der Waals surface area contributed by atoms with E-state index in [9.17, 15) is 18.8 Å². The zero-order chi connectivity index (χ0) is 25.8. The highest BCUT2D eigenvalue weighted by molar-refractivity contribution is 6.30. The van der Waals surface area contributed by atoms with Crippen LogP contribution in [0.1, 0.15) is 25.3 Å². The predicted molar refractivity (Wildman–Crippen MR) is 130 cm³/mol. The maximum atomic E-state index is 14.5. The van der Waals surface area contributed by atoms with Crippen molar-refractivity contribution in [1.82, 2.24) is 24.3 Å². The van der Waals surface area contributed by atoms with Crippen LogP contribution < -0.4 is 27.2 Å². The Bertz CT molecular complexity index is 1540. The molecule has 0 fully saturated rings. The molecule has 11 nitrogen and oxygen atoms in total. The van der Waals surface area contributed by atoms with E-state index in [1.54, 1.807) is 44.2 Å². The van der Waals surface area contributed by atoms with Crippen molar-refractivity contribution >= 4 is 23.2 Å². The Balaban J connectivity index is 1.70. The third kappa shape index (κ3) is 5.89. The van der Waals surface area contributed by atoms with Gasteiger partial charge in [0, 0.05) is 29.7 Å². The zero-order valence-corrected chi connectivity index (χ0v) is 20.1. The summed E-state index contributed by atoms with van der Waals surface area (Å²) in [5.74, 6) is -1.33. The van der Waals surface area contributed by atoms with Gasteiger partial charge in [0.1, 0.15) is 0 Å². The Kier molecular flexibility index (Phi) is 7.34. The molecular formula is C23H22ClFN6O5. The Morgan fingerprint density at radius 1 is 1.14 bits per heavy atom. The van der Waals surface area contributed by atoms with Gasteiger partial charge in [0.25, 0.3) is 0 Å². The molecular weight excluding hydrogens is 495 g/mol. The molecule has 2 aromatic carbocycles. The lowest BCUT2D eigenvalue weighted by molar-refractivity contribution is 0.231. The van der Waals surface area contributed by atoms with Crippen LogP contribution in [0.5, 0.6) is 5.75 Å². The SMILES string of the molecule is CC(C)Oc1ccc(Nc2nc(=O)n(CCc3n[nH]c(=O)o3)c(=O)n2Cc2ccc(Cl)cc2)cc1F. The number of anilines is 2. The fourth-order valence-corrected chi connectivity index (χ4v) is 3.49. The fraction of sp³-hybridized carbons (Fsp3) is 0.261. The van der Waals surface area contributed by atoms with E-state index >= 15 is 0 Å². The standard InChI is InChI=1S/C23H22ClFN6O5/c1-13(2)35-18-8-7-16(11-17(18)25)26-20-27-21(32)30(10-9-19-28-29-22(33)36-19)23(34)31(20)12-14-3-5-15(24)6-4-14/h3-8,11,13H,9-10,12H2,1-2H3,(H,29,33)(H,26,27,32). The minimum atomic E-state index is -0.840. The number of halogens is 2. The Hall–Kier alpha value is -4.19. The first-order valence-corrected chi connectivity index (χ1v) is 11.3. The summed E-state index contributed by atoms with van der Waals surface area (Å²) in [6.07, 6.45) is -0.210. The van der Waals surface area contributed by atoms with Gasteiger partial charge in [-0.2, -0.15) is 4.98 Å². The van der Waals surface area contributed by atoms with Crippen LogP contribution in [0, 0.1) is 5.82 Å². The summed E-state index contributed by atoms with van der Waals surface area (Å²) >= 11 is 5.97. The molecule has 4 rings (SSSR count). The first kappa shape index (κ1) is 24.9.